The van der Waals surface area contributed by atoms with Crippen LogP contribution in [0.5, 0.6) is 11.5 Å². The maximum absolute atomic E-state index is 5.76. The van der Waals surface area contributed by atoms with Gasteiger partial charge in [-0.15, -0.1) is 0 Å². The number of hydrogen-bond acceptors (Lipinski definition) is 7. The van der Waals surface area contributed by atoms with Gasteiger partial charge in [-0.1, -0.05) is 91.0 Å². The summed E-state index contributed by atoms with van der Waals surface area (Å²) in [5.41, 5.74) is 0.776. The van der Waals surface area contributed by atoms with Crippen molar-refractivity contribution in [2.45, 2.75) is 0 Å². The molecule has 208 valence electrons. The van der Waals surface area contributed by atoms with Crippen molar-refractivity contribution in [3.05, 3.63) is 103 Å². The molecular weight excluding hydrogens is 529 g/mol. The summed E-state index contributed by atoms with van der Waals surface area (Å²) in [5.74, 6) is 2.58. The van der Waals surface area contributed by atoms with Gasteiger partial charge >= 0.3 is 0 Å². The van der Waals surface area contributed by atoms with Crippen LogP contribution in [0.1, 0.15) is 0 Å². The van der Waals surface area contributed by atoms with E-state index in [0.29, 0.717) is 23.3 Å². The maximum Gasteiger partial charge on any atom is 0.228 e. The van der Waals surface area contributed by atoms with Crippen molar-refractivity contribution < 1.29 is 9.47 Å². The van der Waals surface area contributed by atoms with E-state index in [1.165, 1.54) is 0 Å². The molecule has 2 heterocycles. The molecule has 41 heavy (non-hydrogen) atoms. The molecule has 1 aliphatic rings. The van der Waals surface area contributed by atoms with Gasteiger partial charge in [0.15, 0.2) is 17.3 Å². The van der Waals surface area contributed by atoms with Crippen LogP contribution < -0.4 is 30.3 Å². The van der Waals surface area contributed by atoms with E-state index in [2.05, 4.69) is 108 Å². The molecule has 1 saturated heterocycles. The van der Waals surface area contributed by atoms with E-state index >= 15 is 0 Å². The van der Waals surface area contributed by atoms with Crippen LogP contribution in [0.25, 0.3) is 10.9 Å². The Morgan fingerprint density at radius 2 is 1.15 bits per heavy atom. The Hall–Kier alpha value is -4.19. The highest BCUT2D eigenvalue weighted by Crippen LogP contribution is 2.50. The number of piperazine rings is 1. The Kier molecular flexibility index (Phi) is 7.73. The van der Waals surface area contributed by atoms with Crippen LogP contribution in [0.15, 0.2) is 108 Å². The Morgan fingerprint density at radius 3 is 1.63 bits per heavy atom. The molecule has 7 nitrogen and oxygen atoms in total. The molecule has 1 fully saturated rings. The summed E-state index contributed by atoms with van der Waals surface area (Å²) in [6, 6.07) is 35.7. The molecular formula is C33H34N5O2P. The zero-order valence-electron chi connectivity index (χ0n) is 23.6. The summed E-state index contributed by atoms with van der Waals surface area (Å²) in [6.07, 6.45) is 0. The molecule has 0 unspecified atom stereocenters. The molecule has 0 N–H and O–H groups in total. The van der Waals surface area contributed by atoms with Crippen LogP contribution in [-0.2, 0) is 0 Å². The number of nitrogens with zero attached hydrogens (tertiary/aromatic N) is 5. The minimum Gasteiger partial charge on any atom is -0.493 e. The topological polar surface area (TPSA) is 63.1 Å². The van der Waals surface area contributed by atoms with Crippen molar-refractivity contribution in [2.75, 3.05) is 52.3 Å². The lowest BCUT2D eigenvalue weighted by molar-refractivity contribution is 0.311. The molecule has 4 aromatic carbocycles. The van der Waals surface area contributed by atoms with Crippen molar-refractivity contribution in [3.8, 4) is 11.5 Å². The number of ether oxygens (including phenoxy) is 2. The van der Waals surface area contributed by atoms with E-state index in [1.807, 2.05) is 12.1 Å². The highest BCUT2D eigenvalue weighted by Gasteiger charge is 2.29. The van der Waals surface area contributed by atoms with E-state index in [4.69, 9.17) is 24.2 Å². The van der Waals surface area contributed by atoms with E-state index in [1.54, 1.807) is 14.2 Å². The van der Waals surface area contributed by atoms with Gasteiger partial charge in [0, 0.05) is 53.5 Å². The molecule has 0 aliphatic carbocycles. The van der Waals surface area contributed by atoms with Crippen molar-refractivity contribution in [3.63, 3.8) is 0 Å². The number of methoxy groups -OCH3 is 2. The lowest BCUT2D eigenvalue weighted by atomic mass is 10.2. The van der Waals surface area contributed by atoms with Gasteiger partial charge in [-0.2, -0.15) is 4.98 Å². The number of likely N-dealkylation sites (N-methyl/N-ethyl adjacent to an activating group) is 1. The highest BCUT2D eigenvalue weighted by molar-refractivity contribution is 7.87. The summed E-state index contributed by atoms with van der Waals surface area (Å²) in [4.78, 5) is 14.8. The molecule has 0 radical (unpaired) electrons. The Bertz CT molecular complexity index is 1590. The third-order valence-corrected chi connectivity index (χ3v) is 11.2. The molecule has 0 amide bonds. The van der Waals surface area contributed by atoms with Gasteiger partial charge in [0.05, 0.1) is 26.8 Å². The fraction of sp³-hybridized carbons (Fsp3) is 0.212. The first kappa shape index (κ1) is 27.0. The van der Waals surface area contributed by atoms with E-state index < -0.39 is 7.05 Å². The van der Waals surface area contributed by atoms with Crippen molar-refractivity contribution in [2.24, 2.45) is 4.74 Å². The zero-order chi connectivity index (χ0) is 28.2. The average molecular weight is 564 g/mol. The minimum atomic E-state index is -2.56. The second-order valence-electron chi connectivity index (χ2n) is 10.1. The first-order chi connectivity index (χ1) is 20.1. The van der Waals surface area contributed by atoms with Gasteiger partial charge < -0.3 is 19.3 Å². The fourth-order valence-corrected chi connectivity index (χ4v) is 8.83. The Labute approximate surface area is 241 Å². The molecule has 6 rings (SSSR count). The number of anilines is 1. The predicted molar refractivity (Wildman–Crippen MR) is 170 cm³/mol. The third-order valence-electron chi connectivity index (χ3n) is 7.59. The van der Waals surface area contributed by atoms with Gasteiger partial charge in [0.25, 0.3) is 0 Å². The van der Waals surface area contributed by atoms with Gasteiger partial charge in [0.1, 0.15) is 0 Å². The van der Waals surface area contributed by atoms with Gasteiger partial charge in [-0.25, -0.2) is 9.73 Å². The van der Waals surface area contributed by atoms with Crippen LogP contribution in [0.4, 0.5) is 11.8 Å². The van der Waals surface area contributed by atoms with Crippen LogP contribution in [0, 0.1) is 0 Å². The average Bonchev–Trinajstić information content (AvgIpc) is 3.04. The minimum absolute atomic E-state index is 0.621. The van der Waals surface area contributed by atoms with Gasteiger partial charge in [-0.3, -0.25) is 0 Å². The van der Waals surface area contributed by atoms with Crippen LogP contribution in [-0.4, -0.2) is 62.3 Å². The molecule has 8 heteroatoms. The highest BCUT2D eigenvalue weighted by atomic mass is 31.2. The van der Waals surface area contributed by atoms with Gasteiger partial charge in [0.2, 0.25) is 5.95 Å². The summed E-state index contributed by atoms with van der Waals surface area (Å²) < 4.78 is 17.1. The van der Waals surface area contributed by atoms with Crippen molar-refractivity contribution >= 4 is 45.6 Å². The largest absolute Gasteiger partial charge is 0.493 e. The monoisotopic (exact) mass is 563 g/mol. The number of hydrogen-bond donors (Lipinski definition) is 0. The second kappa shape index (κ2) is 11.7. The number of fused-ring (bicyclic) bond motifs is 1. The third kappa shape index (κ3) is 5.19. The lowest BCUT2D eigenvalue weighted by Crippen LogP contribution is -2.45. The van der Waals surface area contributed by atoms with Crippen molar-refractivity contribution in [1.82, 2.24) is 14.9 Å². The van der Waals surface area contributed by atoms with Crippen molar-refractivity contribution in [1.29, 1.82) is 0 Å². The van der Waals surface area contributed by atoms with E-state index in [-0.39, 0.29) is 0 Å². The van der Waals surface area contributed by atoms with Crippen LogP contribution in [0.3, 0.4) is 0 Å². The Balaban J connectivity index is 1.72. The standard InChI is InChI=1S/C33H34N5O2P/c1-37-19-21-38(22-20-37)33-34-29-24-31(40-3)30(39-2)23-28(29)32(35-33)36-41(25-13-7-4-8-14-25,26-15-9-5-10-16-26)27-17-11-6-12-18-27/h4-18,23-24H,19-22H2,1-3H3. The summed E-state index contributed by atoms with van der Waals surface area (Å²) in [7, 11) is 2.89. The summed E-state index contributed by atoms with van der Waals surface area (Å²) in [6.45, 7) is 3.61. The first-order valence-corrected chi connectivity index (χ1v) is 15.5. The van der Waals surface area contributed by atoms with E-state index in [0.717, 1.165) is 53.0 Å². The van der Waals surface area contributed by atoms with E-state index in [9.17, 15) is 0 Å². The quantitative estimate of drug-likeness (QED) is 0.254. The summed E-state index contributed by atoms with van der Waals surface area (Å²) in [5, 5.41) is 4.30. The van der Waals surface area contributed by atoms with Crippen LogP contribution >= 0.6 is 7.05 Å². The maximum atomic E-state index is 5.76. The molecule has 1 aliphatic heterocycles. The first-order valence-electron chi connectivity index (χ1n) is 13.8. The zero-order valence-corrected chi connectivity index (χ0v) is 24.5. The van der Waals surface area contributed by atoms with Crippen LogP contribution in [0.2, 0.25) is 0 Å². The predicted octanol–water partition coefficient (Wildman–Crippen LogP) is 5.21. The van der Waals surface area contributed by atoms with Gasteiger partial charge in [-0.05, 0) is 13.1 Å². The molecule has 0 bridgehead atoms. The SMILES string of the molecule is COc1cc2nc(N3CCN(C)CC3)nc(N=P(c3ccccc3)(c3ccccc3)c3ccccc3)c2cc1OC. The molecule has 1 aromatic heterocycles. The number of rotatable bonds is 7. The summed E-state index contributed by atoms with van der Waals surface area (Å²) >= 11 is 0. The smallest absolute Gasteiger partial charge is 0.228 e. The fourth-order valence-electron chi connectivity index (χ4n) is 5.35. The Morgan fingerprint density at radius 1 is 0.659 bits per heavy atom. The number of aromatic nitrogens is 2. The number of benzene rings is 4. The second-order valence-corrected chi connectivity index (χ2v) is 13.1. The normalized spacial score (nSPS) is 14.2. The lowest BCUT2D eigenvalue weighted by Gasteiger charge is -2.32. The molecule has 0 saturated carbocycles. The molecule has 0 atom stereocenters. The molecule has 0 spiro atoms. The molecule has 5 aromatic rings.